The number of aromatic carboxylic acids is 1. The summed E-state index contributed by atoms with van der Waals surface area (Å²) in [6, 6.07) is 37.8. The zero-order valence-electron chi connectivity index (χ0n) is 70.2. The normalized spacial score (nSPS) is 11.0. The van der Waals surface area contributed by atoms with Gasteiger partial charge in [0.05, 0.1) is 38.7 Å². The molecule has 8 aromatic heterocycles. The predicted octanol–water partition coefficient (Wildman–Crippen LogP) is 5.59. The van der Waals surface area contributed by atoms with Gasteiger partial charge in [0.15, 0.2) is 82.3 Å². The Balaban J connectivity index is 0.000000328. The molecule has 8 heterocycles. The average molecular weight is 1940 g/mol. The van der Waals surface area contributed by atoms with E-state index >= 15 is 0 Å². The lowest BCUT2D eigenvalue weighted by Gasteiger charge is -2.05. The zero-order valence-corrected chi connectivity index (χ0v) is 75.8. The number of rotatable bonds is 40. The average Bonchev–Trinajstić information content (AvgIpc) is 1.72. The van der Waals surface area contributed by atoms with Crippen LogP contribution in [0, 0.1) is 0 Å². The van der Waals surface area contributed by atoms with E-state index in [1.165, 1.54) is 31.0 Å². The van der Waals surface area contributed by atoms with Crippen LogP contribution in [0.5, 0.6) is 0 Å². The fourth-order valence-corrected chi connectivity index (χ4v) is 14.0. The summed E-state index contributed by atoms with van der Waals surface area (Å²) in [6.07, 6.45) is 5.24. The molecule has 704 valence electrons. The molecule has 0 fully saturated rings. The van der Waals surface area contributed by atoms with Gasteiger partial charge in [0, 0.05) is 115 Å². The summed E-state index contributed by atoms with van der Waals surface area (Å²) in [7, 11) is -13.9. The number of sulfonamides is 4. The van der Waals surface area contributed by atoms with Crippen molar-refractivity contribution in [3.8, 4) is 34.0 Å². The summed E-state index contributed by atoms with van der Waals surface area (Å²) >= 11 is 0. The lowest BCUT2D eigenvalue weighted by Crippen LogP contribution is -2.30. The first kappa shape index (κ1) is 109. The van der Waals surface area contributed by atoms with Crippen molar-refractivity contribution in [3.63, 3.8) is 0 Å². The zero-order chi connectivity index (χ0) is 94.3. The van der Waals surface area contributed by atoms with Crippen molar-refractivity contribution in [1.82, 2.24) is 96.0 Å². The van der Waals surface area contributed by atoms with Gasteiger partial charge in [0.1, 0.15) is 0 Å². The smallest absolute Gasteiger partial charge is 0.358 e. The highest BCUT2D eigenvalue weighted by molar-refractivity contribution is 8.13. The van der Waals surface area contributed by atoms with Crippen LogP contribution in [0.4, 0.5) is 0 Å². The molecule has 0 saturated carbocycles. The van der Waals surface area contributed by atoms with Gasteiger partial charge in [-0.3, -0.25) is 35.1 Å². The number of aromatic nitrogens is 13. The Bertz CT molecular complexity index is 5800. The molecule has 3 aromatic carbocycles. The number of aliphatic hydroxyl groups excluding tert-OH is 1. The molecule has 0 radical (unpaired) electrons. The van der Waals surface area contributed by atoms with Gasteiger partial charge >= 0.3 is 29.8 Å². The number of esters is 4. The molecule has 2 amide bonds. The summed E-state index contributed by atoms with van der Waals surface area (Å²) < 4.78 is 161. The highest BCUT2D eigenvalue weighted by atomic mass is 35.7. The van der Waals surface area contributed by atoms with E-state index in [4.69, 9.17) is 60.1 Å². The maximum atomic E-state index is 12.2. The summed E-state index contributed by atoms with van der Waals surface area (Å²) in [6.45, 7) is 13.5. The van der Waals surface area contributed by atoms with E-state index in [0.717, 1.165) is 60.3 Å². The number of hydrogen-bond acceptors (Lipinski definition) is 35. The van der Waals surface area contributed by atoms with E-state index in [2.05, 4.69) is 108 Å². The molecule has 0 bridgehead atoms. The number of carboxylic acids is 1. The summed E-state index contributed by atoms with van der Waals surface area (Å²) in [5.41, 5.74) is 12.9. The third-order valence-corrected chi connectivity index (χ3v) is 22.3. The maximum Gasteiger partial charge on any atom is 0.358 e. The highest BCUT2D eigenvalue weighted by Crippen LogP contribution is 2.23. The van der Waals surface area contributed by atoms with Gasteiger partial charge < -0.3 is 64.8 Å². The molecule has 11 rings (SSSR count). The van der Waals surface area contributed by atoms with Crippen LogP contribution in [0.3, 0.4) is 0 Å². The Morgan fingerprint density at radius 3 is 0.984 bits per heavy atom. The van der Waals surface area contributed by atoms with Gasteiger partial charge in [-0.25, -0.2) is 85.0 Å². The van der Waals surface area contributed by atoms with Gasteiger partial charge in [0.25, 0.3) is 61.0 Å². The third kappa shape index (κ3) is 37.5. The lowest BCUT2D eigenvalue weighted by molar-refractivity contribution is 0.0510. The van der Waals surface area contributed by atoms with Crippen LogP contribution in [0.15, 0.2) is 178 Å². The largest absolute Gasteiger partial charge is 0.476 e. The van der Waals surface area contributed by atoms with Crippen LogP contribution in [0.2, 0.25) is 0 Å². The molecular formula is C75H99Cl2N21O26S5. The molecule has 0 saturated heterocycles. The van der Waals surface area contributed by atoms with Crippen LogP contribution in [-0.4, -0.2) is 239 Å². The van der Waals surface area contributed by atoms with E-state index in [0.29, 0.717) is 55.3 Å². The molecule has 47 nitrogen and oxygen atoms in total. The molecule has 129 heavy (non-hydrogen) atoms. The van der Waals surface area contributed by atoms with Gasteiger partial charge in [-0.15, -0.1) is 12.4 Å². The molecule has 54 heteroatoms. The molecule has 0 unspecified atom stereocenters. The Morgan fingerprint density at radius 1 is 0.388 bits per heavy atom. The first-order chi connectivity index (χ1) is 61.0. The van der Waals surface area contributed by atoms with Gasteiger partial charge in [-0.1, -0.05) is 133 Å². The number of nitrogens with zero attached hydrogens (tertiary/aromatic N) is 8. The molecule has 0 aliphatic carbocycles. The Labute approximate surface area is 751 Å². The van der Waals surface area contributed by atoms with Gasteiger partial charge in [0.2, 0.25) is 0 Å². The van der Waals surface area contributed by atoms with Crippen molar-refractivity contribution < 1.29 is 118 Å². The van der Waals surface area contributed by atoms with E-state index in [1.807, 2.05) is 97.9 Å². The topological polar surface area (TPSA) is 713 Å². The molecule has 17 N–H and O–H groups in total. The number of aliphatic hydroxyl groups is 1. The number of amides is 2. The minimum atomic E-state index is -3.88. The Kier molecular flexibility index (Phi) is 47.4. The van der Waals surface area contributed by atoms with Crippen molar-refractivity contribution in [1.29, 1.82) is 0 Å². The second-order valence-electron chi connectivity index (χ2n) is 25.3. The number of halogens is 2. The number of benzene rings is 3. The van der Waals surface area contributed by atoms with Crippen molar-refractivity contribution in [3.05, 3.63) is 185 Å². The SMILES string of the molecule is CCCCN.CCCCNS(=O)(=O)c1cc(C(=O)OCC)n[nH]1.CCOC(=O)c1cc(S(=O)(=O)Cl)[nH]n1.CCOC(=O)c1cc(S(=O)(=O)NCCCN)[nH]n1.CCOC(=O)c1cc(S(=O)(=O)NCCCNC(=O)c2cc(-c3ccccc3)on2)[nH]n1.Cl.O=C(NCCCNS(=O)(=O)c1cc(CO)[nH]n1)c1cc(-c2ccccc2)on1.O=C(O)c1cc(-c2ccccc2)on1. The number of carboxylic acid groups (broad SMARTS) is 1. The fraction of sp³-hybridized carbons (Fsp3) is 0.347. The fourth-order valence-electron chi connectivity index (χ4n) is 9.29. The van der Waals surface area contributed by atoms with Crippen LogP contribution in [0.25, 0.3) is 34.0 Å². The summed E-state index contributed by atoms with van der Waals surface area (Å²) in [5, 5.41) is 62.0. The van der Waals surface area contributed by atoms with Gasteiger partial charge in [-0.2, -0.15) is 25.5 Å². The first-order valence-electron chi connectivity index (χ1n) is 38.8. The van der Waals surface area contributed by atoms with E-state index in [9.17, 15) is 75.7 Å². The molecule has 0 spiro atoms. The van der Waals surface area contributed by atoms with Crippen molar-refractivity contribution in [2.75, 3.05) is 78.8 Å². The van der Waals surface area contributed by atoms with Crippen molar-refractivity contribution >= 4 is 114 Å². The van der Waals surface area contributed by atoms with Crippen LogP contribution in [-0.2, 0) is 74.7 Å². The number of nitrogens with one attached hydrogen (secondary N) is 11. The molecule has 0 aliphatic heterocycles. The number of H-pyrrole nitrogens is 5. The van der Waals surface area contributed by atoms with Crippen LogP contribution in [0.1, 0.15) is 166 Å². The molecule has 11 aromatic rings. The maximum absolute atomic E-state index is 12.2. The molecule has 0 aliphatic rings. The van der Waals surface area contributed by atoms with E-state index in [-0.39, 0.29) is 143 Å². The van der Waals surface area contributed by atoms with Crippen LogP contribution < -0.4 is 41.0 Å². The number of carbonyl (C=O) groups is 7. The van der Waals surface area contributed by atoms with E-state index < -0.39 is 90.8 Å². The van der Waals surface area contributed by atoms with Gasteiger partial charge in [-0.05, 0) is 72.9 Å². The van der Waals surface area contributed by atoms with Crippen LogP contribution >= 0.6 is 23.1 Å². The number of unbranched alkanes of at least 4 members (excludes halogenated alkanes) is 2. The van der Waals surface area contributed by atoms with E-state index in [1.54, 1.807) is 33.8 Å². The first-order valence-corrected chi connectivity index (χ1v) is 47.0. The minimum Gasteiger partial charge on any atom is -0.476 e. The number of carbonyl (C=O) groups excluding carboxylic acids is 6. The Hall–Kier alpha value is -12.3. The number of nitrogens with two attached hydrogens (primary N) is 2. The Morgan fingerprint density at radius 2 is 0.698 bits per heavy atom. The van der Waals surface area contributed by atoms with Crippen molar-refractivity contribution in [2.24, 2.45) is 11.5 Å². The standard InChI is InChI=1S/C19H21N5O6S.C17H19N5O5S.C10H17N3O4S.C10H7NO3.C9H16N4O4S.C6H7ClN2O4S.C4H11N.ClH/c1-2-29-19(26)15-12-17(23-22-15)31(27,28)21-10-6-9-20-18(25)14-11-16(30-24-14)13-7-4-3-5-8-13;23-11-13-9-16(21-20-13)28(25,26)19-8-4-7-18-17(24)14-10-15(27-22-14)12-5-2-1-3-6-12;1-3-5-6-11-18(15,16)9-7-8(12-13-9)10(14)17-4-2;12-10(13)8-6-9(14-11-8)7-4-2-1-3-5-7;1-2-17-9(14)7-6-8(13-12-7)18(15,16)11-5-3-4-10;1-2-13-6(10)4-3-5(9-8-4)14(7,11)12;1-2-3-4-5;/h3-5,7-8,11-12,21H,2,6,9-10H2,1H3,(H,20,25)(H,22,23);1-3,5-6,9-10,19,23H,4,7-8,11H2,(H,18,24)(H,20,21);7,11H,3-6H2,1-2H3,(H,12,13);1-6H,(H,12,13);6,11H,2-5,10H2,1H3,(H,12,13);3H,2H2,1H3,(H,8,9);2-5H2,1H3;1H. The minimum absolute atomic E-state index is 0. The third-order valence-electron chi connectivity index (χ3n) is 15.6. The second kappa shape index (κ2) is 56.1. The molecular weight excluding hydrogens is 1840 g/mol. The number of hydrogen-bond donors (Lipinski definition) is 15. The second-order valence-corrected chi connectivity index (χ2v) is 34.7. The monoisotopic (exact) mass is 1940 g/mol. The van der Waals surface area contributed by atoms with Crippen molar-refractivity contribution in [2.45, 2.75) is 118 Å². The number of ether oxygens (including phenoxy) is 4. The molecule has 0 atom stereocenters. The summed E-state index contributed by atoms with van der Waals surface area (Å²) in [4.78, 5) is 80.0. The summed E-state index contributed by atoms with van der Waals surface area (Å²) in [5.74, 6) is -3.24. The predicted molar refractivity (Wildman–Crippen MR) is 463 cm³/mol. The quantitative estimate of drug-likeness (QED) is 0.00962. The number of aromatic amines is 5. The lowest BCUT2D eigenvalue weighted by atomic mass is 10.1. The highest BCUT2D eigenvalue weighted by Gasteiger charge is 2.26.